The van der Waals surface area contributed by atoms with Crippen LogP contribution in [-0.2, 0) is 23.4 Å². The molecule has 3 heterocycles. The number of nitro benzene ring substituents is 1. The lowest BCUT2D eigenvalue weighted by molar-refractivity contribution is -0.386. The summed E-state index contributed by atoms with van der Waals surface area (Å²) < 4.78 is 1.21. The van der Waals surface area contributed by atoms with Gasteiger partial charge in [-0.25, -0.2) is 4.98 Å². The molecule has 1 atom stereocenters. The van der Waals surface area contributed by atoms with Gasteiger partial charge in [0.15, 0.2) is 11.4 Å². The number of Topliss-reactive ketones (excluding diaryl/α,β-unsaturated/α-hetero) is 1. The third-order valence-electron chi connectivity index (χ3n) is 6.36. The molecule has 0 saturated heterocycles. The largest absolute Gasteiger partial charge is 0.377 e. The number of benzene rings is 1. The number of pyridine rings is 2. The lowest BCUT2D eigenvalue weighted by Crippen LogP contribution is -2.44. The van der Waals surface area contributed by atoms with Gasteiger partial charge in [-0.1, -0.05) is 19.1 Å². The smallest absolute Gasteiger partial charge is 0.302 e. The highest BCUT2D eigenvalue weighted by molar-refractivity contribution is 5.95. The number of carbonyl (C=O) groups excluding carboxylic acids is 1. The normalized spacial score (nSPS) is 18.9. The molecule has 5 rings (SSSR count). The number of rotatable bonds is 3. The average molecular weight is 436 g/mol. The second-order valence-corrected chi connectivity index (χ2v) is 7.94. The lowest BCUT2D eigenvalue weighted by Gasteiger charge is -2.31. The third-order valence-corrected chi connectivity index (χ3v) is 6.36. The maximum absolute atomic E-state index is 13.3. The van der Waals surface area contributed by atoms with Crippen molar-refractivity contribution in [3.8, 4) is 11.4 Å². The molecule has 0 unspecified atom stereocenters. The molecule has 0 bridgehead atoms. The van der Waals surface area contributed by atoms with E-state index in [4.69, 9.17) is 0 Å². The van der Waals surface area contributed by atoms with Gasteiger partial charge in [-0.2, -0.15) is 0 Å². The van der Waals surface area contributed by atoms with Crippen molar-refractivity contribution in [2.45, 2.75) is 38.3 Å². The van der Waals surface area contributed by atoms with Crippen molar-refractivity contribution in [3.05, 3.63) is 71.5 Å². The summed E-state index contributed by atoms with van der Waals surface area (Å²) in [5.41, 5.74) is -3.30. The van der Waals surface area contributed by atoms with Crippen LogP contribution >= 0.6 is 0 Å². The Labute approximate surface area is 179 Å². The molecule has 32 heavy (non-hydrogen) atoms. The molecule has 162 valence electrons. The molecule has 1 aliphatic carbocycles. The number of hydrogen-bond acceptors (Lipinski definition) is 8. The van der Waals surface area contributed by atoms with E-state index in [1.165, 1.54) is 23.6 Å². The highest BCUT2D eigenvalue weighted by Gasteiger charge is 2.49. The molecule has 0 spiro atoms. The third kappa shape index (κ3) is 2.42. The van der Waals surface area contributed by atoms with Gasteiger partial charge in [0.05, 0.1) is 27.6 Å². The predicted molar refractivity (Wildman–Crippen MR) is 111 cm³/mol. The van der Waals surface area contributed by atoms with Crippen LogP contribution in [0.25, 0.3) is 22.3 Å². The summed E-state index contributed by atoms with van der Waals surface area (Å²) in [5.74, 6) is -0.583. The second kappa shape index (κ2) is 6.50. The van der Waals surface area contributed by atoms with Gasteiger partial charge in [0.25, 0.3) is 11.2 Å². The van der Waals surface area contributed by atoms with Gasteiger partial charge in [-0.15, -0.1) is 0 Å². The fourth-order valence-electron chi connectivity index (χ4n) is 4.84. The van der Waals surface area contributed by atoms with Crippen molar-refractivity contribution in [2.75, 3.05) is 0 Å². The highest BCUT2D eigenvalue weighted by Crippen LogP contribution is 2.47. The minimum absolute atomic E-state index is 0.00174. The van der Waals surface area contributed by atoms with E-state index in [-0.39, 0.29) is 59.5 Å². The second-order valence-electron chi connectivity index (χ2n) is 7.94. The first-order valence-corrected chi connectivity index (χ1v) is 9.96. The van der Waals surface area contributed by atoms with Crippen molar-refractivity contribution in [3.63, 3.8) is 0 Å². The Balaban J connectivity index is 1.93. The SMILES string of the molecule is CC[C@@]1(O)C(=O)CCc2c1c([N+](=O)[O-])c1n(c2=O)Cc2cc3cccc([N+](=O)[O-])c3nc2-1. The van der Waals surface area contributed by atoms with Crippen molar-refractivity contribution >= 4 is 28.1 Å². The molecule has 0 amide bonds. The van der Waals surface area contributed by atoms with Gasteiger partial charge in [-0.05, 0) is 18.9 Å². The first-order chi connectivity index (χ1) is 15.2. The molecule has 11 heteroatoms. The topological polar surface area (TPSA) is 158 Å². The van der Waals surface area contributed by atoms with Gasteiger partial charge in [-0.3, -0.25) is 34.4 Å². The number of nitro groups is 2. The Kier molecular flexibility index (Phi) is 4.05. The van der Waals surface area contributed by atoms with Crippen LogP contribution in [-0.4, -0.2) is 30.3 Å². The zero-order valence-corrected chi connectivity index (χ0v) is 16.8. The van der Waals surface area contributed by atoms with Crippen LogP contribution in [0.4, 0.5) is 11.4 Å². The van der Waals surface area contributed by atoms with Crippen LogP contribution < -0.4 is 5.56 Å². The van der Waals surface area contributed by atoms with E-state index in [1.807, 2.05) is 0 Å². The van der Waals surface area contributed by atoms with Gasteiger partial charge in [0, 0.05) is 29.0 Å². The fraction of sp³-hybridized carbons (Fsp3) is 0.286. The molecule has 1 N–H and O–H groups in total. The first kappa shape index (κ1) is 19.9. The first-order valence-electron chi connectivity index (χ1n) is 9.96. The Bertz CT molecular complexity index is 1460. The summed E-state index contributed by atoms with van der Waals surface area (Å²) in [6.07, 6.45) is -0.232. The van der Waals surface area contributed by atoms with Crippen LogP contribution in [0, 0.1) is 20.2 Å². The van der Waals surface area contributed by atoms with E-state index >= 15 is 0 Å². The average Bonchev–Trinajstić information content (AvgIpc) is 3.13. The summed E-state index contributed by atoms with van der Waals surface area (Å²) in [6, 6.07) is 6.04. The van der Waals surface area contributed by atoms with E-state index in [1.54, 1.807) is 12.1 Å². The highest BCUT2D eigenvalue weighted by atomic mass is 16.6. The van der Waals surface area contributed by atoms with Gasteiger partial charge in [0.1, 0.15) is 11.2 Å². The molecule has 1 aromatic carbocycles. The number of carbonyl (C=O) groups is 1. The zero-order valence-electron chi connectivity index (χ0n) is 16.8. The standard InChI is InChI=1S/C21H16N4O7/c1-2-21(28)14(26)7-6-12-15(21)18(25(31)32)19-17-11(9-23(19)20(12)27)8-10-4-3-5-13(24(29)30)16(10)22-17/h3-5,8,28H,2,6-7,9H2,1H3/t21-/m1/s1. The molecule has 1 aliphatic heterocycles. The van der Waals surface area contributed by atoms with Crippen LogP contribution in [0.1, 0.15) is 36.5 Å². The quantitative estimate of drug-likeness (QED) is 0.378. The van der Waals surface area contributed by atoms with E-state index in [0.717, 1.165) is 0 Å². The molecule has 0 radical (unpaired) electrons. The molecular weight excluding hydrogens is 420 g/mol. The van der Waals surface area contributed by atoms with Crippen LogP contribution in [0.2, 0.25) is 0 Å². The van der Waals surface area contributed by atoms with Crippen molar-refractivity contribution in [1.29, 1.82) is 0 Å². The number of ketones is 1. The molecule has 11 nitrogen and oxygen atoms in total. The Morgan fingerprint density at radius 3 is 2.59 bits per heavy atom. The molecule has 2 aromatic heterocycles. The number of fused-ring (bicyclic) bond motifs is 5. The molecule has 0 saturated carbocycles. The van der Waals surface area contributed by atoms with Gasteiger partial charge < -0.3 is 5.11 Å². The minimum atomic E-state index is -2.16. The molecule has 2 aliphatic rings. The Hall–Kier alpha value is -3.99. The van der Waals surface area contributed by atoms with E-state index < -0.39 is 32.5 Å². The summed E-state index contributed by atoms with van der Waals surface area (Å²) in [6.45, 7) is 1.52. The Morgan fingerprint density at radius 1 is 1.19 bits per heavy atom. The number of nitrogens with zero attached hydrogens (tertiary/aromatic N) is 4. The minimum Gasteiger partial charge on any atom is -0.377 e. The van der Waals surface area contributed by atoms with Crippen LogP contribution in [0.3, 0.4) is 0 Å². The molecular formula is C21H16N4O7. The van der Waals surface area contributed by atoms with Crippen molar-refractivity contribution < 1.29 is 19.7 Å². The summed E-state index contributed by atoms with van der Waals surface area (Å²) >= 11 is 0. The number of para-hydroxylation sites is 1. The lowest BCUT2D eigenvalue weighted by atomic mass is 9.76. The number of non-ortho nitro benzene ring substituents is 1. The van der Waals surface area contributed by atoms with Gasteiger partial charge in [0.2, 0.25) is 0 Å². The summed E-state index contributed by atoms with van der Waals surface area (Å²) in [4.78, 5) is 52.6. The fourth-order valence-corrected chi connectivity index (χ4v) is 4.84. The Morgan fingerprint density at radius 2 is 1.94 bits per heavy atom. The number of aromatic nitrogens is 2. The predicted octanol–water partition coefficient (Wildman–Crippen LogP) is 2.35. The number of aliphatic hydroxyl groups is 1. The van der Waals surface area contributed by atoms with Crippen LogP contribution in [0.15, 0.2) is 29.1 Å². The summed E-state index contributed by atoms with van der Waals surface area (Å²) in [5, 5.41) is 35.3. The maximum atomic E-state index is 13.3. The van der Waals surface area contributed by atoms with Crippen molar-refractivity contribution in [2.24, 2.45) is 0 Å². The van der Waals surface area contributed by atoms with Crippen LogP contribution in [0.5, 0.6) is 0 Å². The summed E-state index contributed by atoms with van der Waals surface area (Å²) in [7, 11) is 0. The maximum Gasteiger partial charge on any atom is 0.302 e. The van der Waals surface area contributed by atoms with E-state index in [2.05, 4.69) is 4.98 Å². The zero-order chi connectivity index (χ0) is 22.9. The van der Waals surface area contributed by atoms with Gasteiger partial charge >= 0.3 is 5.69 Å². The number of hydrogen-bond donors (Lipinski definition) is 1. The van der Waals surface area contributed by atoms with E-state index in [9.17, 15) is 34.9 Å². The molecule has 0 fully saturated rings. The monoisotopic (exact) mass is 436 g/mol. The van der Waals surface area contributed by atoms with E-state index in [0.29, 0.717) is 10.9 Å². The van der Waals surface area contributed by atoms with Crippen molar-refractivity contribution in [1.82, 2.24) is 9.55 Å². The molecule has 3 aromatic rings.